The summed E-state index contributed by atoms with van der Waals surface area (Å²) in [5, 5.41) is 12.2. The molecule has 0 radical (unpaired) electrons. The van der Waals surface area contributed by atoms with E-state index in [0.29, 0.717) is 11.3 Å². The lowest BCUT2D eigenvalue weighted by Crippen LogP contribution is -2.49. The largest absolute Gasteiger partial charge is 0.502 e. The van der Waals surface area contributed by atoms with Gasteiger partial charge < -0.3 is 25.0 Å². The topological polar surface area (TPSA) is 133 Å². The van der Waals surface area contributed by atoms with E-state index in [1.165, 1.54) is 15.0 Å². The van der Waals surface area contributed by atoms with E-state index < -0.39 is 42.3 Å². The Bertz CT molecular complexity index is 1540. The molecule has 0 saturated carbocycles. The van der Waals surface area contributed by atoms with Gasteiger partial charge in [0.15, 0.2) is 0 Å². The van der Waals surface area contributed by atoms with Crippen molar-refractivity contribution in [2.45, 2.75) is 32.0 Å². The first-order valence-corrected chi connectivity index (χ1v) is 13.0. The average Bonchev–Trinajstić information content (AvgIpc) is 3.51. The average molecular weight is 567 g/mol. The summed E-state index contributed by atoms with van der Waals surface area (Å²) in [6, 6.07) is 7.81. The van der Waals surface area contributed by atoms with E-state index >= 15 is 0 Å². The number of aromatic amines is 1. The molecule has 13 heteroatoms. The molecular weight excluding hydrogens is 538 g/mol. The maximum Gasteiger partial charge on any atom is 0.329 e. The fraction of sp³-hybridized carbons (Fsp3) is 0.357. The van der Waals surface area contributed by atoms with Crippen LogP contribution in [0.4, 0.5) is 13.6 Å². The molecule has 3 aromatic rings. The molecule has 5 rings (SSSR count). The predicted octanol–water partition coefficient (Wildman–Crippen LogP) is 1.29. The number of carbonyl (C=O) groups excluding carboxylic acids is 2. The quantitative estimate of drug-likeness (QED) is 0.350. The van der Waals surface area contributed by atoms with Crippen molar-refractivity contribution in [1.82, 2.24) is 29.7 Å². The minimum Gasteiger partial charge on any atom is -0.502 e. The highest BCUT2D eigenvalue weighted by molar-refractivity contribution is 5.90. The second-order valence-corrected chi connectivity index (χ2v) is 9.72. The zero-order valence-electron chi connectivity index (χ0n) is 22.0. The standard InChI is InChI=1S/C28H28F2N6O5/c29-24(30)13-31-26(38)23(12-22-25(37)27(39)33-17-32-22)36-16-21-11-20(15-35(21)28(36)40)6-3-18-1-4-19(5-2-18)14-34-7-9-41-10-8-34/h1-2,4-5,11,15,17,23-24,37H,7-10,12-14,16H2,(H,31,38)(H,32,33,39). The number of nitrogens with zero attached hydrogens (tertiary/aromatic N) is 4. The van der Waals surface area contributed by atoms with Crippen molar-refractivity contribution in [2.75, 3.05) is 32.8 Å². The molecule has 2 aliphatic rings. The highest BCUT2D eigenvalue weighted by atomic mass is 19.3. The molecule has 0 spiro atoms. The molecule has 4 heterocycles. The molecule has 41 heavy (non-hydrogen) atoms. The number of amides is 2. The summed E-state index contributed by atoms with van der Waals surface area (Å²) in [6.45, 7) is 3.23. The van der Waals surface area contributed by atoms with E-state index in [2.05, 4.69) is 32.0 Å². The van der Waals surface area contributed by atoms with Crippen molar-refractivity contribution in [3.05, 3.63) is 81.3 Å². The summed E-state index contributed by atoms with van der Waals surface area (Å²) in [5.41, 5.74) is 2.18. The molecule has 1 saturated heterocycles. The van der Waals surface area contributed by atoms with Crippen LogP contribution >= 0.6 is 0 Å². The molecule has 3 N–H and O–H groups in total. The third kappa shape index (κ3) is 6.62. The van der Waals surface area contributed by atoms with Gasteiger partial charge in [0.05, 0.1) is 38.3 Å². The van der Waals surface area contributed by atoms with Crippen LogP contribution in [0.2, 0.25) is 0 Å². The van der Waals surface area contributed by atoms with Crippen LogP contribution < -0.4 is 10.9 Å². The molecule has 11 nitrogen and oxygen atoms in total. The fourth-order valence-electron chi connectivity index (χ4n) is 4.76. The number of hydrogen-bond donors (Lipinski definition) is 3. The van der Waals surface area contributed by atoms with Crippen LogP contribution in [0.15, 0.2) is 47.7 Å². The van der Waals surface area contributed by atoms with Crippen molar-refractivity contribution < 1.29 is 28.2 Å². The maximum absolute atomic E-state index is 13.3. The number of fused-ring (bicyclic) bond motifs is 1. The second-order valence-electron chi connectivity index (χ2n) is 9.72. The number of alkyl halides is 2. The van der Waals surface area contributed by atoms with Crippen LogP contribution in [0.1, 0.15) is 28.1 Å². The van der Waals surface area contributed by atoms with E-state index in [0.717, 1.165) is 44.7 Å². The van der Waals surface area contributed by atoms with Crippen LogP contribution in [-0.4, -0.2) is 86.7 Å². The smallest absolute Gasteiger partial charge is 0.329 e. The second kappa shape index (κ2) is 12.3. The van der Waals surface area contributed by atoms with Crippen molar-refractivity contribution in [2.24, 2.45) is 0 Å². The van der Waals surface area contributed by atoms with Gasteiger partial charge in [-0.2, -0.15) is 0 Å². The van der Waals surface area contributed by atoms with Gasteiger partial charge >= 0.3 is 6.03 Å². The third-order valence-electron chi connectivity index (χ3n) is 6.90. The molecule has 0 bridgehead atoms. The van der Waals surface area contributed by atoms with Crippen molar-refractivity contribution in [3.63, 3.8) is 0 Å². The Balaban J connectivity index is 1.28. The lowest BCUT2D eigenvalue weighted by Gasteiger charge is -2.26. The first-order valence-electron chi connectivity index (χ1n) is 13.0. The first kappa shape index (κ1) is 28.0. The van der Waals surface area contributed by atoms with E-state index in [-0.39, 0.29) is 18.7 Å². The number of H-pyrrole nitrogens is 1. The van der Waals surface area contributed by atoms with Crippen LogP contribution in [-0.2, 0) is 29.0 Å². The van der Waals surface area contributed by atoms with Gasteiger partial charge in [-0.3, -0.25) is 19.1 Å². The Morgan fingerprint density at radius 1 is 1.15 bits per heavy atom. The van der Waals surface area contributed by atoms with Crippen molar-refractivity contribution in [1.29, 1.82) is 0 Å². The zero-order chi connectivity index (χ0) is 28.9. The molecule has 1 aromatic carbocycles. The van der Waals surface area contributed by atoms with Gasteiger partial charge in [-0.05, 0) is 23.8 Å². The predicted molar refractivity (Wildman–Crippen MR) is 142 cm³/mol. The molecule has 2 amide bonds. The van der Waals surface area contributed by atoms with Crippen LogP contribution in [0.5, 0.6) is 5.75 Å². The Morgan fingerprint density at radius 2 is 1.88 bits per heavy atom. The van der Waals surface area contributed by atoms with Crippen molar-refractivity contribution in [3.8, 4) is 17.6 Å². The molecule has 214 valence electrons. The van der Waals surface area contributed by atoms with Gasteiger partial charge in [-0.25, -0.2) is 18.6 Å². The number of aromatic hydroxyl groups is 1. The van der Waals surface area contributed by atoms with E-state index in [4.69, 9.17) is 4.74 Å². The van der Waals surface area contributed by atoms with Gasteiger partial charge in [0, 0.05) is 49.1 Å². The van der Waals surface area contributed by atoms with Crippen molar-refractivity contribution >= 4 is 11.9 Å². The number of carbonyl (C=O) groups is 2. The van der Waals surface area contributed by atoms with Gasteiger partial charge in [0.2, 0.25) is 11.7 Å². The minimum absolute atomic E-state index is 0.00648. The SMILES string of the molecule is O=C(NCC(F)F)C(Cc1nc[nH]c(=O)c1O)N1Cc2cc(C#Cc3ccc(CN4CCOCC4)cc3)cn2C1=O. The molecule has 2 aliphatic heterocycles. The summed E-state index contributed by atoms with van der Waals surface area (Å²) in [4.78, 5) is 47.5. The van der Waals surface area contributed by atoms with E-state index in [9.17, 15) is 28.3 Å². The fourth-order valence-corrected chi connectivity index (χ4v) is 4.76. The molecule has 0 aliphatic carbocycles. The summed E-state index contributed by atoms with van der Waals surface area (Å²) >= 11 is 0. The van der Waals surface area contributed by atoms with E-state index in [1.807, 2.05) is 24.3 Å². The molecular formula is C28H28F2N6O5. The monoisotopic (exact) mass is 566 g/mol. The van der Waals surface area contributed by atoms with Gasteiger partial charge in [0.1, 0.15) is 6.04 Å². The third-order valence-corrected chi connectivity index (χ3v) is 6.90. The number of ether oxygens (including phenoxy) is 1. The number of hydrogen-bond acceptors (Lipinski definition) is 7. The normalized spacial score (nSPS) is 15.9. The number of aromatic nitrogens is 3. The highest BCUT2D eigenvalue weighted by Gasteiger charge is 2.37. The summed E-state index contributed by atoms with van der Waals surface area (Å²) in [7, 11) is 0. The van der Waals surface area contributed by atoms with Crippen LogP contribution in [0.25, 0.3) is 0 Å². The van der Waals surface area contributed by atoms with Crippen LogP contribution in [0, 0.1) is 11.8 Å². The summed E-state index contributed by atoms with van der Waals surface area (Å²) in [5.74, 6) is 4.58. The summed E-state index contributed by atoms with van der Waals surface area (Å²) < 4.78 is 32.2. The Hall–Kier alpha value is -4.54. The number of benzene rings is 1. The van der Waals surface area contributed by atoms with E-state index in [1.54, 1.807) is 12.3 Å². The Morgan fingerprint density at radius 3 is 2.59 bits per heavy atom. The lowest BCUT2D eigenvalue weighted by molar-refractivity contribution is -0.126. The van der Waals surface area contributed by atoms with Gasteiger partial charge in [0.25, 0.3) is 12.0 Å². The molecule has 1 atom stereocenters. The van der Waals surface area contributed by atoms with Crippen LogP contribution in [0.3, 0.4) is 0 Å². The summed E-state index contributed by atoms with van der Waals surface area (Å²) in [6.07, 6.45) is -0.552. The highest BCUT2D eigenvalue weighted by Crippen LogP contribution is 2.24. The van der Waals surface area contributed by atoms with Gasteiger partial charge in [-0.15, -0.1) is 0 Å². The van der Waals surface area contributed by atoms with Gasteiger partial charge in [-0.1, -0.05) is 24.0 Å². The molecule has 1 fully saturated rings. The Kier molecular flexibility index (Phi) is 8.42. The number of halogens is 2. The first-order chi connectivity index (χ1) is 19.8. The Labute approximate surface area is 233 Å². The number of rotatable bonds is 8. The zero-order valence-corrected chi connectivity index (χ0v) is 22.0. The molecule has 1 unspecified atom stereocenters. The number of nitrogens with one attached hydrogen (secondary N) is 2. The minimum atomic E-state index is -2.80. The lowest BCUT2D eigenvalue weighted by atomic mass is 10.1. The molecule has 2 aromatic heterocycles. The maximum atomic E-state index is 13.3. The number of morpholine rings is 1.